The van der Waals surface area contributed by atoms with E-state index in [9.17, 15) is 0 Å². The number of hydrogen-bond acceptors (Lipinski definition) is 2. The summed E-state index contributed by atoms with van der Waals surface area (Å²) < 4.78 is 0. The molecule has 0 amide bonds. The zero-order valence-electron chi connectivity index (χ0n) is 26.2. The summed E-state index contributed by atoms with van der Waals surface area (Å²) in [5.74, 6) is 0.709. The fourth-order valence-corrected chi connectivity index (χ4v) is 6.91. The predicted octanol–water partition coefficient (Wildman–Crippen LogP) is 12.3. The second-order valence-electron chi connectivity index (χ2n) is 12.2. The van der Waals surface area contributed by atoms with Crippen molar-refractivity contribution in [3.05, 3.63) is 182 Å². The largest absolute Gasteiger partial charge is 0.228 e. The number of nitrogens with zero attached hydrogens (tertiary/aromatic N) is 2. The Morgan fingerprint density at radius 3 is 1.54 bits per heavy atom. The van der Waals surface area contributed by atoms with Crippen LogP contribution in [0.5, 0.6) is 0 Å². The van der Waals surface area contributed by atoms with Gasteiger partial charge in [0.05, 0.1) is 11.4 Å². The van der Waals surface area contributed by atoms with Crippen molar-refractivity contribution in [2.75, 3.05) is 0 Å². The summed E-state index contributed by atoms with van der Waals surface area (Å²) in [6.07, 6.45) is 0. The predicted molar refractivity (Wildman–Crippen MR) is 202 cm³/mol. The highest BCUT2D eigenvalue weighted by Crippen LogP contribution is 2.40. The molecule has 9 rings (SSSR count). The summed E-state index contributed by atoms with van der Waals surface area (Å²) in [5, 5.41) is 7.50. The van der Waals surface area contributed by atoms with E-state index in [0.717, 1.165) is 39.2 Å². The number of hydrogen-bond donors (Lipinski definition) is 0. The molecule has 48 heavy (non-hydrogen) atoms. The lowest BCUT2D eigenvalue weighted by Crippen LogP contribution is -1.96. The van der Waals surface area contributed by atoms with E-state index in [1.165, 1.54) is 43.4 Å². The zero-order chi connectivity index (χ0) is 31.9. The van der Waals surface area contributed by atoms with E-state index in [0.29, 0.717) is 5.82 Å². The number of fused-ring (bicyclic) bond motifs is 4. The molecular formula is C46H30N2. The fraction of sp³-hybridized carbons (Fsp3) is 0. The second kappa shape index (κ2) is 11.8. The topological polar surface area (TPSA) is 25.8 Å². The number of rotatable bonds is 5. The van der Waals surface area contributed by atoms with E-state index >= 15 is 0 Å². The van der Waals surface area contributed by atoms with Gasteiger partial charge in [-0.1, -0.05) is 158 Å². The van der Waals surface area contributed by atoms with Crippen molar-refractivity contribution >= 4 is 32.3 Å². The Labute approximate surface area is 279 Å². The molecule has 1 aromatic heterocycles. The Balaban J connectivity index is 1.24. The molecule has 0 atom stereocenters. The summed E-state index contributed by atoms with van der Waals surface area (Å²) in [6, 6.07) is 64.6. The van der Waals surface area contributed by atoms with Crippen LogP contribution in [0.15, 0.2) is 182 Å². The Bertz CT molecular complexity index is 2610. The summed E-state index contributed by atoms with van der Waals surface area (Å²) in [5.41, 5.74) is 9.62. The van der Waals surface area contributed by atoms with Gasteiger partial charge in [0.25, 0.3) is 0 Å². The van der Waals surface area contributed by atoms with Gasteiger partial charge in [-0.25, -0.2) is 9.97 Å². The molecule has 0 fully saturated rings. The fourth-order valence-electron chi connectivity index (χ4n) is 6.91. The summed E-state index contributed by atoms with van der Waals surface area (Å²) in [7, 11) is 0. The molecule has 224 valence electrons. The Kier molecular flexibility index (Phi) is 6.84. The maximum absolute atomic E-state index is 5.17. The third-order valence-electron chi connectivity index (χ3n) is 9.24. The van der Waals surface area contributed by atoms with E-state index in [2.05, 4.69) is 158 Å². The van der Waals surface area contributed by atoms with Gasteiger partial charge < -0.3 is 0 Å². The zero-order valence-corrected chi connectivity index (χ0v) is 26.2. The first-order chi connectivity index (χ1) is 23.8. The van der Waals surface area contributed by atoms with Crippen LogP contribution in [0.2, 0.25) is 0 Å². The Morgan fingerprint density at radius 1 is 0.271 bits per heavy atom. The highest BCUT2D eigenvalue weighted by Gasteiger charge is 2.15. The molecule has 0 aliphatic heterocycles. The van der Waals surface area contributed by atoms with Crippen LogP contribution in [-0.4, -0.2) is 9.97 Å². The van der Waals surface area contributed by atoms with Gasteiger partial charge in [0.15, 0.2) is 5.82 Å². The minimum atomic E-state index is 0.709. The van der Waals surface area contributed by atoms with Crippen LogP contribution < -0.4 is 0 Å². The van der Waals surface area contributed by atoms with Crippen LogP contribution in [0, 0.1) is 0 Å². The maximum Gasteiger partial charge on any atom is 0.160 e. The molecule has 2 heteroatoms. The molecule has 0 bridgehead atoms. The van der Waals surface area contributed by atoms with E-state index in [1.807, 2.05) is 24.3 Å². The molecule has 0 aliphatic carbocycles. The third kappa shape index (κ3) is 5.01. The van der Waals surface area contributed by atoms with Crippen molar-refractivity contribution in [1.29, 1.82) is 0 Å². The first-order valence-electron chi connectivity index (χ1n) is 16.3. The van der Waals surface area contributed by atoms with E-state index in [4.69, 9.17) is 9.97 Å². The van der Waals surface area contributed by atoms with Gasteiger partial charge in [-0.2, -0.15) is 0 Å². The quantitative estimate of drug-likeness (QED) is 0.143. The van der Waals surface area contributed by atoms with Crippen LogP contribution in [0.25, 0.3) is 88.5 Å². The molecular weight excluding hydrogens is 581 g/mol. The number of aromatic nitrogens is 2. The lowest BCUT2D eigenvalue weighted by molar-refractivity contribution is 1.18. The molecule has 0 spiro atoms. The van der Waals surface area contributed by atoms with Gasteiger partial charge in [-0.05, 0) is 78.8 Å². The summed E-state index contributed by atoms with van der Waals surface area (Å²) in [4.78, 5) is 10.3. The SMILES string of the molecule is c1ccc(-c2cccc(-c3cc(-c4cccc(-c5c6ccccc6cc6c5ccc5ccccc56)c4)nc(-c4ccccc4)n3)c2)cc1. The lowest BCUT2D eigenvalue weighted by atomic mass is 9.89. The van der Waals surface area contributed by atoms with Crippen molar-refractivity contribution in [2.24, 2.45) is 0 Å². The molecule has 0 radical (unpaired) electrons. The highest BCUT2D eigenvalue weighted by molar-refractivity contribution is 6.20. The van der Waals surface area contributed by atoms with Crippen LogP contribution in [0.3, 0.4) is 0 Å². The molecule has 0 unspecified atom stereocenters. The van der Waals surface area contributed by atoms with Crippen LogP contribution >= 0.6 is 0 Å². The standard InChI is InChI=1S/C46H30N2/c1-3-13-31(14-4-1)34-19-11-20-36(27-34)43-30-44(48-46(47-43)33-16-5-2-6-17-33)37-21-12-22-38(28-37)45-40-24-10-8-18-35(40)29-42-39-23-9-7-15-32(39)25-26-41(42)45/h1-30H. The average molecular weight is 611 g/mol. The van der Waals surface area contributed by atoms with Crippen LogP contribution in [-0.2, 0) is 0 Å². The van der Waals surface area contributed by atoms with Gasteiger partial charge in [0, 0.05) is 16.7 Å². The van der Waals surface area contributed by atoms with E-state index in [1.54, 1.807) is 0 Å². The summed E-state index contributed by atoms with van der Waals surface area (Å²) >= 11 is 0. The molecule has 0 aliphatic rings. The Morgan fingerprint density at radius 2 is 0.812 bits per heavy atom. The molecule has 0 N–H and O–H groups in total. The minimum Gasteiger partial charge on any atom is -0.228 e. The molecule has 2 nitrogen and oxygen atoms in total. The van der Waals surface area contributed by atoms with Crippen molar-refractivity contribution in [2.45, 2.75) is 0 Å². The first-order valence-corrected chi connectivity index (χ1v) is 16.3. The molecule has 8 aromatic carbocycles. The van der Waals surface area contributed by atoms with Gasteiger partial charge in [-0.15, -0.1) is 0 Å². The average Bonchev–Trinajstić information content (AvgIpc) is 3.17. The lowest BCUT2D eigenvalue weighted by Gasteiger charge is -2.15. The highest BCUT2D eigenvalue weighted by atomic mass is 14.9. The van der Waals surface area contributed by atoms with Crippen molar-refractivity contribution < 1.29 is 0 Å². The molecule has 9 aromatic rings. The smallest absolute Gasteiger partial charge is 0.160 e. The molecule has 0 saturated heterocycles. The van der Waals surface area contributed by atoms with Crippen molar-refractivity contribution in [3.63, 3.8) is 0 Å². The monoisotopic (exact) mass is 610 g/mol. The minimum absolute atomic E-state index is 0.709. The van der Waals surface area contributed by atoms with Gasteiger partial charge >= 0.3 is 0 Å². The third-order valence-corrected chi connectivity index (χ3v) is 9.24. The van der Waals surface area contributed by atoms with E-state index < -0.39 is 0 Å². The summed E-state index contributed by atoms with van der Waals surface area (Å²) in [6.45, 7) is 0. The first kappa shape index (κ1) is 27.9. The van der Waals surface area contributed by atoms with Crippen molar-refractivity contribution in [3.8, 4) is 56.2 Å². The van der Waals surface area contributed by atoms with Crippen molar-refractivity contribution in [1.82, 2.24) is 9.97 Å². The second-order valence-corrected chi connectivity index (χ2v) is 12.2. The van der Waals surface area contributed by atoms with Gasteiger partial charge in [0.2, 0.25) is 0 Å². The number of benzene rings is 8. The van der Waals surface area contributed by atoms with Gasteiger partial charge in [0.1, 0.15) is 0 Å². The molecule has 1 heterocycles. The van der Waals surface area contributed by atoms with Crippen LogP contribution in [0.4, 0.5) is 0 Å². The Hall–Kier alpha value is -6.38. The normalized spacial score (nSPS) is 11.3. The van der Waals surface area contributed by atoms with E-state index in [-0.39, 0.29) is 0 Å². The van der Waals surface area contributed by atoms with Crippen LogP contribution in [0.1, 0.15) is 0 Å². The molecule has 0 saturated carbocycles. The van der Waals surface area contributed by atoms with Gasteiger partial charge in [-0.3, -0.25) is 0 Å². The maximum atomic E-state index is 5.17.